The molecule has 37 heavy (non-hydrogen) atoms. The molecule has 2 atom stereocenters. The Hall–Kier alpha value is -4.25. The Balaban J connectivity index is 1.24. The molecule has 1 heterocycles. The van der Waals surface area contributed by atoms with Crippen LogP contribution in [0, 0.1) is 11.8 Å². The lowest BCUT2D eigenvalue weighted by Crippen LogP contribution is -2.41. The van der Waals surface area contributed by atoms with Gasteiger partial charge in [0.05, 0.1) is 17.5 Å². The number of hydrogen-bond donors (Lipinski definition) is 0. The standard InChI is InChI=1S/C32H26N2O3/c1-19(35)33(26-16-8-10-20-9-2-3-11-21(20)26)17-18-34-31(36)29-27-22-12-4-5-13-23(22)28(30(29)32(34)37)25-15-7-6-14-24(25)27/h2-16,27-30H,17-18H2,1H3/t27?,28?,29-,30+. The van der Waals surface area contributed by atoms with Gasteiger partial charge in [-0.3, -0.25) is 19.3 Å². The first-order valence-corrected chi connectivity index (χ1v) is 12.8. The largest absolute Gasteiger partial charge is 0.310 e. The highest BCUT2D eigenvalue weighted by Crippen LogP contribution is 2.60. The lowest BCUT2D eigenvalue weighted by atomic mass is 9.55. The predicted octanol–water partition coefficient (Wildman–Crippen LogP) is 5.08. The number of hydrogen-bond acceptors (Lipinski definition) is 3. The number of rotatable bonds is 4. The molecule has 8 rings (SSSR count). The third-order valence-electron chi connectivity index (χ3n) is 8.52. The molecule has 3 aliphatic carbocycles. The lowest BCUT2D eigenvalue weighted by Gasteiger charge is -2.45. The van der Waals surface area contributed by atoms with E-state index in [1.165, 1.54) is 11.8 Å². The predicted molar refractivity (Wildman–Crippen MR) is 142 cm³/mol. The Morgan fingerprint density at radius 1 is 0.703 bits per heavy atom. The van der Waals surface area contributed by atoms with Crippen molar-refractivity contribution in [3.8, 4) is 0 Å². The zero-order valence-corrected chi connectivity index (χ0v) is 20.5. The number of carbonyl (C=O) groups is 3. The van der Waals surface area contributed by atoms with E-state index in [2.05, 4.69) is 24.3 Å². The fraction of sp³-hybridized carbons (Fsp3) is 0.219. The van der Waals surface area contributed by atoms with E-state index in [1.807, 2.05) is 66.7 Å². The van der Waals surface area contributed by atoms with E-state index in [-0.39, 0.29) is 42.6 Å². The number of anilines is 1. The van der Waals surface area contributed by atoms with Crippen molar-refractivity contribution in [1.29, 1.82) is 0 Å². The highest BCUT2D eigenvalue weighted by molar-refractivity contribution is 6.08. The van der Waals surface area contributed by atoms with Crippen molar-refractivity contribution in [2.45, 2.75) is 18.8 Å². The van der Waals surface area contributed by atoms with Gasteiger partial charge in [-0.25, -0.2) is 0 Å². The van der Waals surface area contributed by atoms with Gasteiger partial charge in [-0.1, -0.05) is 84.9 Å². The minimum absolute atomic E-state index is 0.115. The van der Waals surface area contributed by atoms with Crippen LogP contribution in [0.1, 0.15) is 41.0 Å². The first-order valence-electron chi connectivity index (χ1n) is 12.8. The van der Waals surface area contributed by atoms with Gasteiger partial charge in [-0.2, -0.15) is 0 Å². The second-order valence-corrected chi connectivity index (χ2v) is 10.3. The quantitative estimate of drug-likeness (QED) is 0.378. The number of carbonyl (C=O) groups excluding carboxylic acids is 3. The van der Waals surface area contributed by atoms with E-state index in [0.717, 1.165) is 38.7 Å². The normalized spacial score (nSPS) is 23.1. The maximum Gasteiger partial charge on any atom is 0.234 e. The number of likely N-dealkylation sites (tertiary alicyclic amines) is 1. The lowest BCUT2D eigenvalue weighted by molar-refractivity contribution is -0.140. The van der Waals surface area contributed by atoms with E-state index in [4.69, 9.17) is 0 Å². The van der Waals surface area contributed by atoms with Crippen LogP contribution in [-0.4, -0.2) is 35.7 Å². The maximum atomic E-state index is 13.9. The van der Waals surface area contributed by atoms with Gasteiger partial charge in [0.25, 0.3) is 0 Å². The van der Waals surface area contributed by atoms with E-state index < -0.39 is 11.8 Å². The van der Waals surface area contributed by atoms with Gasteiger partial charge >= 0.3 is 0 Å². The van der Waals surface area contributed by atoms with Gasteiger partial charge in [0.1, 0.15) is 0 Å². The second-order valence-electron chi connectivity index (χ2n) is 10.3. The van der Waals surface area contributed by atoms with E-state index >= 15 is 0 Å². The summed E-state index contributed by atoms with van der Waals surface area (Å²) in [5.74, 6) is -1.38. The van der Waals surface area contributed by atoms with Gasteiger partial charge in [-0.05, 0) is 33.7 Å². The Bertz CT molecular complexity index is 1490. The molecule has 2 bridgehead atoms. The van der Waals surface area contributed by atoms with Crippen LogP contribution in [0.25, 0.3) is 10.8 Å². The molecule has 1 fully saturated rings. The number of imide groups is 1. The van der Waals surface area contributed by atoms with Gasteiger partial charge < -0.3 is 4.90 Å². The summed E-state index contributed by atoms with van der Waals surface area (Å²) in [4.78, 5) is 43.6. The molecule has 4 aromatic rings. The highest BCUT2D eigenvalue weighted by atomic mass is 16.2. The molecule has 0 aromatic heterocycles. The number of amides is 3. The Labute approximate surface area is 215 Å². The van der Waals surface area contributed by atoms with Crippen LogP contribution >= 0.6 is 0 Å². The zero-order chi connectivity index (χ0) is 25.3. The van der Waals surface area contributed by atoms with Crippen LogP contribution in [-0.2, 0) is 14.4 Å². The van der Waals surface area contributed by atoms with Gasteiger partial charge in [0.2, 0.25) is 17.7 Å². The Morgan fingerprint density at radius 2 is 1.19 bits per heavy atom. The van der Waals surface area contributed by atoms with Gasteiger partial charge in [-0.15, -0.1) is 0 Å². The van der Waals surface area contributed by atoms with Crippen molar-refractivity contribution < 1.29 is 14.4 Å². The summed E-state index contributed by atoms with van der Waals surface area (Å²) in [5, 5.41) is 2.01. The average molecular weight is 487 g/mol. The number of nitrogens with zero attached hydrogens (tertiary/aromatic N) is 2. The molecule has 0 spiro atoms. The van der Waals surface area contributed by atoms with Crippen LogP contribution in [0.15, 0.2) is 91.0 Å². The third-order valence-corrected chi connectivity index (χ3v) is 8.52. The Kier molecular flexibility index (Phi) is 4.83. The van der Waals surface area contributed by atoms with Crippen molar-refractivity contribution >= 4 is 34.2 Å². The summed E-state index contributed by atoms with van der Waals surface area (Å²) in [6.07, 6.45) is 0. The molecule has 4 aromatic carbocycles. The summed E-state index contributed by atoms with van der Waals surface area (Å²) in [6, 6.07) is 30.3. The van der Waals surface area contributed by atoms with Crippen molar-refractivity contribution in [3.63, 3.8) is 0 Å². The van der Waals surface area contributed by atoms with Gasteiger partial charge in [0.15, 0.2) is 0 Å². The molecule has 5 heteroatoms. The fourth-order valence-corrected chi connectivity index (χ4v) is 7.05. The molecule has 0 unspecified atom stereocenters. The van der Waals surface area contributed by atoms with Crippen LogP contribution in [0.5, 0.6) is 0 Å². The monoisotopic (exact) mass is 486 g/mol. The average Bonchev–Trinajstić information content (AvgIpc) is 3.18. The molecule has 5 nitrogen and oxygen atoms in total. The van der Waals surface area contributed by atoms with Crippen LogP contribution in [0.2, 0.25) is 0 Å². The molecule has 0 saturated carbocycles. The molecule has 0 radical (unpaired) electrons. The van der Waals surface area contributed by atoms with Crippen LogP contribution in [0.3, 0.4) is 0 Å². The molecule has 182 valence electrons. The van der Waals surface area contributed by atoms with E-state index in [0.29, 0.717) is 0 Å². The zero-order valence-electron chi connectivity index (χ0n) is 20.5. The SMILES string of the molecule is CC(=O)N(CCN1C(=O)[C@@H]2C3c4ccccc4C(c4ccccc43)[C@@H]2C1=O)c1cccc2ccccc12. The minimum atomic E-state index is -0.398. The molecular formula is C32H26N2O3. The summed E-state index contributed by atoms with van der Waals surface area (Å²) < 4.78 is 0. The smallest absolute Gasteiger partial charge is 0.234 e. The summed E-state index contributed by atoms with van der Waals surface area (Å²) in [7, 11) is 0. The second kappa shape index (κ2) is 8.13. The van der Waals surface area contributed by atoms with E-state index in [9.17, 15) is 14.4 Å². The fourth-order valence-electron chi connectivity index (χ4n) is 7.05. The summed E-state index contributed by atoms with van der Waals surface area (Å²) in [5.41, 5.74) is 5.45. The van der Waals surface area contributed by atoms with Crippen molar-refractivity contribution in [1.82, 2.24) is 4.90 Å². The highest BCUT2D eigenvalue weighted by Gasteiger charge is 2.61. The molecular weight excluding hydrogens is 460 g/mol. The molecule has 1 aliphatic heterocycles. The van der Waals surface area contributed by atoms with E-state index in [1.54, 1.807) is 4.90 Å². The molecule has 1 saturated heterocycles. The molecule has 3 amide bonds. The summed E-state index contributed by atoms with van der Waals surface area (Å²) in [6.45, 7) is 1.97. The maximum absolute atomic E-state index is 13.9. The van der Waals surface area contributed by atoms with Crippen molar-refractivity contribution in [3.05, 3.63) is 113 Å². The van der Waals surface area contributed by atoms with Crippen molar-refractivity contribution in [2.24, 2.45) is 11.8 Å². The topological polar surface area (TPSA) is 57.7 Å². The molecule has 0 N–H and O–H groups in total. The van der Waals surface area contributed by atoms with Gasteiger partial charge in [0, 0.05) is 37.2 Å². The third kappa shape index (κ3) is 3.07. The summed E-state index contributed by atoms with van der Waals surface area (Å²) >= 11 is 0. The van der Waals surface area contributed by atoms with Crippen molar-refractivity contribution in [2.75, 3.05) is 18.0 Å². The number of benzene rings is 4. The minimum Gasteiger partial charge on any atom is -0.310 e. The van der Waals surface area contributed by atoms with Crippen LogP contribution in [0.4, 0.5) is 5.69 Å². The Morgan fingerprint density at radius 3 is 1.73 bits per heavy atom. The number of fused-ring (bicyclic) bond motifs is 1. The van der Waals surface area contributed by atoms with Crippen LogP contribution < -0.4 is 4.90 Å². The molecule has 4 aliphatic rings. The first-order chi connectivity index (χ1) is 18.1. The first kappa shape index (κ1) is 22.0.